The van der Waals surface area contributed by atoms with Crippen LogP contribution in [0.25, 0.3) is 16.1 Å². The number of hydrogen-bond donors (Lipinski definition) is 0. The van der Waals surface area contributed by atoms with E-state index < -0.39 is 0 Å². The van der Waals surface area contributed by atoms with Crippen LogP contribution in [-0.4, -0.2) is 4.98 Å². The first-order valence-corrected chi connectivity index (χ1v) is 7.77. The molecule has 2 aromatic carbocycles. The van der Waals surface area contributed by atoms with E-state index in [0.717, 1.165) is 6.42 Å². The fraction of sp³-hybridized carbons (Fsp3) is 0.0588. The van der Waals surface area contributed by atoms with Crippen LogP contribution in [0.3, 0.4) is 0 Å². The summed E-state index contributed by atoms with van der Waals surface area (Å²) in [6.07, 6.45) is 11.9. The van der Waals surface area contributed by atoms with Gasteiger partial charge in [-0.1, -0.05) is 18.9 Å². The topological polar surface area (TPSA) is 12.9 Å². The van der Waals surface area contributed by atoms with Gasteiger partial charge in [0, 0.05) is 12.1 Å². The van der Waals surface area contributed by atoms with Gasteiger partial charge in [-0.15, -0.1) is 41.5 Å². The zero-order valence-corrected chi connectivity index (χ0v) is 15.8. The van der Waals surface area contributed by atoms with Gasteiger partial charge in [0.25, 0.3) is 0 Å². The van der Waals surface area contributed by atoms with Gasteiger partial charge < -0.3 is 24.8 Å². The normalized spacial score (nSPS) is 11.7. The van der Waals surface area contributed by atoms with Crippen molar-refractivity contribution in [3.63, 3.8) is 0 Å². The maximum atomic E-state index is 4.13. The molecule has 0 aliphatic heterocycles. The van der Waals surface area contributed by atoms with Gasteiger partial charge in [-0.05, 0) is 5.80 Å². The van der Waals surface area contributed by atoms with E-state index >= 15 is 0 Å². The van der Waals surface area contributed by atoms with Crippen molar-refractivity contribution in [3.05, 3.63) is 78.6 Å². The van der Waals surface area contributed by atoms with Gasteiger partial charge in [0.2, 0.25) is 0 Å². The number of hydrogen-bond acceptors (Lipinski definition) is 1. The molecule has 0 saturated heterocycles. The molecule has 5 heteroatoms. The van der Waals surface area contributed by atoms with Crippen LogP contribution in [0, 0.1) is 6.08 Å². The Labute approximate surface area is 159 Å². The van der Waals surface area contributed by atoms with Crippen LogP contribution in [-0.2, 0) is 21.7 Å². The van der Waals surface area contributed by atoms with Crippen molar-refractivity contribution in [1.29, 1.82) is 0 Å². The minimum atomic E-state index is -0.259. The van der Waals surface area contributed by atoms with Crippen molar-refractivity contribution >= 4 is 18.3 Å². The van der Waals surface area contributed by atoms with Crippen molar-refractivity contribution in [2.24, 2.45) is 0 Å². The van der Waals surface area contributed by atoms with Crippen molar-refractivity contribution in [2.45, 2.75) is 6.42 Å². The smallest absolute Gasteiger partial charge is 1.00 e. The quantitative estimate of drug-likeness (QED) is 0.399. The van der Waals surface area contributed by atoms with Gasteiger partial charge in [0.1, 0.15) is 0 Å². The summed E-state index contributed by atoms with van der Waals surface area (Å²) in [4.78, 5) is 4.13. The van der Waals surface area contributed by atoms with Crippen molar-refractivity contribution in [1.82, 2.24) is 4.98 Å². The molecule has 0 N–H and O–H groups in total. The fourth-order valence-corrected chi connectivity index (χ4v) is 3.44. The number of allylic oxidation sites excluding steroid dienone is 4. The largest absolute Gasteiger partial charge is 4.00 e. The number of fused-ring (bicyclic) bond motifs is 1. The average Bonchev–Trinajstić information content (AvgIpc) is 3.20. The van der Waals surface area contributed by atoms with Gasteiger partial charge in [0.15, 0.2) is 0 Å². The van der Waals surface area contributed by atoms with E-state index in [0.29, 0.717) is 0 Å². The SMILES string of the molecule is [C-]1=CC=CC1.[Cl-].[Cl-].[Ti+4].c1ccc2[cH-]c(-p3ccnc3)cc2c1. The molecule has 1 aliphatic carbocycles. The summed E-state index contributed by atoms with van der Waals surface area (Å²) in [5.74, 6) is 4.23. The van der Waals surface area contributed by atoms with Gasteiger partial charge in [-0.2, -0.15) is 12.1 Å². The van der Waals surface area contributed by atoms with Crippen molar-refractivity contribution < 1.29 is 46.5 Å². The first-order valence-electron chi connectivity index (χ1n) is 6.29. The van der Waals surface area contributed by atoms with E-state index in [1.807, 2.05) is 24.3 Å². The molecule has 0 amide bonds. The average molecular weight is 382 g/mol. The molecule has 0 saturated carbocycles. The number of halogens is 2. The molecule has 1 heterocycles. The van der Waals surface area contributed by atoms with Crippen LogP contribution >= 0.6 is 7.53 Å². The second-order valence-corrected chi connectivity index (χ2v) is 6.18. The Bertz CT molecular complexity index is 674. The van der Waals surface area contributed by atoms with Crippen LogP contribution in [0.1, 0.15) is 6.42 Å². The molecule has 110 valence electrons. The maximum Gasteiger partial charge on any atom is 4.00 e. The standard InChI is InChI=1S/C12H9NP.C5H5.2ClH.Ti/c1-2-4-11-8-12(7-10(11)3-1)14-6-5-13-9-14;1-2-4-5-3-1;;;/h1-9H;1-3H,4H2;2*1H;/q2*-1;;;+4/p-2. The molecular formula is C17H14Cl2NPTi. The van der Waals surface area contributed by atoms with Crippen LogP contribution in [0.2, 0.25) is 0 Å². The summed E-state index contributed by atoms with van der Waals surface area (Å²) in [7, 11) is -0.259. The number of nitrogens with zero attached hydrogens (tertiary/aromatic N) is 1. The Morgan fingerprint density at radius 1 is 1.18 bits per heavy atom. The summed E-state index contributed by atoms with van der Waals surface area (Å²) >= 11 is 0. The van der Waals surface area contributed by atoms with E-state index in [2.05, 4.69) is 59.3 Å². The number of rotatable bonds is 1. The summed E-state index contributed by atoms with van der Waals surface area (Å²) in [6.45, 7) is 0. The molecule has 1 nitrogen and oxygen atoms in total. The van der Waals surface area contributed by atoms with Gasteiger partial charge >= 0.3 is 21.7 Å². The van der Waals surface area contributed by atoms with Crippen molar-refractivity contribution in [2.75, 3.05) is 0 Å². The zero-order chi connectivity index (χ0) is 12.9. The molecule has 1 atom stereocenters. The Balaban J connectivity index is 0.000000482. The Kier molecular flexibility index (Phi) is 10.6. The van der Waals surface area contributed by atoms with Gasteiger partial charge in [0.05, 0.1) is 0 Å². The first kappa shape index (κ1) is 21.3. The maximum absolute atomic E-state index is 4.13. The van der Waals surface area contributed by atoms with E-state index in [9.17, 15) is 0 Å². The fourth-order valence-electron chi connectivity index (χ4n) is 2.04. The third-order valence-electron chi connectivity index (χ3n) is 2.99. The molecule has 22 heavy (non-hydrogen) atoms. The Morgan fingerprint density at radius 3 is 2.55 bits per heavy atom. The second kappa shape index (κ2) is 10.9. The third-order valence-corrected chi connectivity index (χ3v) is 4.68. The summed E-state index contributed by atoms with van der Waals surface area (Å²) in [5, 5.41) is 4.07. The molecule has 0 bridgehead atoms. The Hall–Kier alpha value is -0.686. The zero-order valence-electron chi connectivity index (χ0n) is 11.8. The van der Waals surface area contributed by atoms with Crippen LogP contribution in [0.5, 0.6) is 0 Å². The monoisotopic (exact) mass is 381 g/mol. The van der Waals surface area contributed by atoms with Gasteiger partial charge in [-0.25, -0.2) is 12.2 Å². The van der Waals surface area contributed by atoms with E-state index in [4.69, 9.17) is 0 Å². The Morgan fingerprint density at radius 2 is 2.00 bits per heavy atom. The molecule has 1 aromatic heterocycles. The molecule has 1 unspecified atom stereocenters. The molecule has 0 radical (unpaired) electrons. The first-order chi connectivity index (χ1) is 9.43. The van der Waals surface area contributed by atoms with Crippen molar-refractivity contribution in [3.8, 4) is 5.30 Å². The molecule has 4 rings (SSSR count). The van der Waals surface area contributed by atoms with Crippen LogP contribution < -0.4 is 24.8 Å². The molecule has 1 aliphatic rings. The van der Waals surface area contributed by atoms with Crippen LogP contribution in [0.4, 0.5) is 0 Å². The van der Waals surface area contributed by atoms with E-state index in [1.54, 1.807) is 0 Å². The predicted molar refractivity (Wildman–Crippen MR) is 83.0 cm³/mol. The minimum absolute atomic E-state index is 0. The van der Waals surface area contributed by atoms with Crippen LogP contribution in [0.15, 0.2) is 72.5 Å². The predicted octanol–water partition coefficient (Wildman–Crippen LogP) is -0.759. The molecule has 3 aromatic rings. The molecule has 0 spiro atoms. The summed E-state index contributed by atoms with van der Waals surface area (Å²) in [5.41, 5.74) is 0. The molecular weight excluding hydrogens is 368 g/mol. The van der Waals surface area contributed by atoms with E-state index in [1.165, 1.54) is 16.1 Å². The van der Waals surface area contributed by atoms with Gasteiger partial charge in [-0.3, -0.25) is 11.1 Å². The van der Waals surface area contributed by atoms with E-state index in [-0.39, 0.29) is 54.1 Å². The summed E-state index contributed by atoms with van der Waals surface area (Å²) < 4.78 is 0. The second-order valence-electron chi connectivity index (χ2n) is 4.32. The number of benzene rings is 1. The molecule has 0 fully saturated rings. The number of aromatic nitrogens is 1. The third kappa shape index (κ3) is 5.50. The summed E-state index contributed by atoms with van der Waals surface area (Å²) in [6, 6.07) is 13.0. The minimum Gasteiger partial charge on any atom is -1.00 e.